The van der Waals surface area contributed by atoms with Crippen molar-refractivity contribution in [3.05, 3.63) is 38.5 Å². The van der Waals surface area contributed by atoms with Crippen molar-refractivity contribution in [3.8, 4) is 0 Å². The lowest BCUT2D eigenvalue weighted by Gasteiger charge is -2.19. The first-order valence-electron chi connectivity index (χ1n) is 6.49. The third-order valence-electron chi connectivity index (χ3n) is 3.32. The van der Waals surface area contributed by atoms with Crippen molar-refractivity contribution in [2.75, 3.05) is 5.75 Å². The maximum atomic E-state index is 12.4. The molecule has 5 nitrogen and oxygen atoms in total. The average Bonchev–Trinajstić information content (AvgIpc) is 2.37. The van der Waals surface area contributed by atoms with Crippen LogP contribution in [0.5, 0.6) is 0 Å². The fourth-order valence-corrected chi connectivity index (χ4v) is 3.36. The molecule has 0 amide bonds. The molecule has 0 atom stereocenters. The predicted octanol–water partition coefficient (Wildman–Crippen LogP) is 2.21. The maximum Gasteiger partial charge on any atom is 0.261 e. The molecule has 2 aromatic rings. The van der Waals surface area contributed by atoms with E-state index in [1.165, 1.54) is 10.9 Å². The van der Waals surface area contributed by atoms with Crippen LogP contribution in [-0.4, -0.2) is 28.5 Å². The minimum Gasteiger partial charge on any atom is -0.298 e. The summed E-state index contributed by atoms with van der Waals surface area (Å²) in [5.74, 6) is -0.0759. The Morgan fingerprint density at radius 1 is 1.29 bits per heavy atom. The van der Waals surface area contributed by atoms with Crippen molar-refractivity contribution in [2.24, 2.45) is 0 Å². The Morgan fingerprint density at radius 3 is 2.57 bits per heavy atom. The highest BCUT2D eigenvalue weighted by Gasteiger charge is 2.28. The van der Waals surface area contributed by atoms with E-state index < -0.39 is 14.6 Å². The minimum atomic E-state index is -3.26. The summed E-state index contributed by atoms with van der Waals surface area (Å²) in [5, 5.41) is 0.512. The standard InChI is InChI=1S/C14H17IN2O3S/c1-14(2,3)21(19,20)7-6-17-9-16-12-5-4-10(15)8-11(12)13(17)18/h4-5,8-9H,6-7H2,1-3H3. The first kappa shape index (κ1) is 16.4. The molecule has 0 saturated carbocycles. The molecule has 0 bridgehead atoms. The number of sulfone groups is 1. The first-order valence-corrected chi connectivity index (χ1v) is 9.22. The van der Waals surface area contributed by atoms with Gasteiger partial charge in [0, 0.05) is 10.1 Å². The van der Waals surface area contributed by atoms with Crippen LogP contribution in [-0.2, 0) is 16.4 Å². The number of benzene rings is 1. The summed E-state index contributed by atoms with van der Waals surface area (Å²) >= 11 is 2.13. The van der Waals surface area contributed by atoms with Crippen molar-refractivity contribution < 1.29 is 8.42 Å². The minimum absolute atomic E-state index is 0.0759. The summed E-state index contributed by atoms with van der Waals surface area (Å²) in [4.78, 5) is 16.6. The molecule has 114 valence electrons. The van der Waals surface area contributed by atoms with Crippen molar-refractivity contribution in [3.63, 3.8) is 0 Å². The van der Waals surface area contributed by atoms with Gasteiger partial charge in [-0.3, -0.25) is 9.36 Å². The average molecular weight is 420 g/mol. The lowest BCUT2D eigenvalue weighted by molar-refractivity contribution is 0.552. The van der Waals surface area contributed by atoms with E-state index in [1.54, 1.807) is 32.9 Å². The topological polar surface area (TPSA) is 69.0 Å². The van der Waals surface area contributed by atoms with Crippen LogP contribution in [0.2, 0.25) is 0 Å². The molecule has 0 aliphatic carbocycles. The van der Waals surface area contributed by atoms with E-state index in [-0.39, 0.29) is 17.9 Å². The molecular weight excluding hydrogens is 403 g/mol. The van der Waals surface area contributed by atoms with Gasteiger partial charge in [0.05, 0.1) is 27.7 Å². The normalized spacial score (nSPS) is 12.8. The van der Waals surface area contributed by atoms with E-state index in [4.69, 9.17) is 0 Å². The van der Waals surface area contributed by atoms with Crippen LogP contribution in [0, 0.1) is 3.57 Å². The number of rotatable bonds is 3. The Bertz CT molecular complexity index is 835. The Kier molecular flexibility index (Phi) is 4.44. The fraction of sp³-hybridized carbons (Fsp3) is 0.429. The van der Waals surface area contributed by atoms with Gasteiger partial charge in [-0.25, -0.2) is 13.4 Å². The molecule has 1 heterocycles. The van der Waals surface area contributed by atoms with Crippen molar-refractivity contribution in [2.45, 2.75) is 32.1 Å². The van der Waals surface area contributed by atoms with E-state index in [0.29, 0.717) is 10.9 Å². The number of halogens is 1. The van der Waals surface area contributed by atoms with Gasteiger partial charge in [-0.1, -0.05) is 0 Å². The van der Waals surface area contributed by atoms with E-state index in [2.05, 4.69) is 27.6 Å². The molecule has 0 aliphatic rings. The van der Waals surface area contributed by atoms with Gasteiger partial charge < -0.3 is 0 Å². The Morgan fingerprint density at radius 2 is 1.95 bits per heavy atom. The summed E-state index contributed by atoms with van der Waals surface area (Å²) in [6.07, 6.45) is 1.41. The number of nitrogens with zero attached hydrogens (tertiary/aromatic N) is 2. The van der Waals surface area contributed by atoms with Gasteiger partial charge in [0.1, 0.15) is 0 Å². The summed E-state index contributed by atoms with van der Waals surface area (Å²) in [5.41, 5.74) is 0.415. The van der Waals surface area contributed by atoms with Crippen LogP contribution >= 0.6 is 22.6 Å². The van der Waals surface area contributed by atoms with Crippen LogP contribution < -0.4 is 5.56 Å². The van der Waals surface area contributed by atoms with Gasteiger partial charge in [-0.2, -0.15) is 0 Å². The van der Waals surface area contributed by atoms with Crippen molar-refractivity contribution in [1.29, 1.82) is 0 Å². The van der Waals surface area contributed by atoms with Crippen molar-refractivity contribution >= 4 is 43.3 Å². The smallest absolute Gasteiger partial charge is 0.261 e. The van der Waals surface area contributed by atoms with Crippen LogP contribution in [0.4, 0.5) is 0 Å². The second-order valence-electron chi connectivity index (χ2n) is 5.84. The molecule has 0 saturated heterocycles. The van der Waals surface area contributed by atoms with Crippen LogP contribution in [0.1, 0.15) is 20.8 Å². The van der Waals surface area contributed by atoms with E-state index in [1.807, 2.05) is 6.07 Å². The zero-order chi connectivity index (χ0) is 15.8. The number of aromatic nitrogens is 2. The molecule has 21 heavy (non-hydrogen) atoms. The molecule has 0 aliphatic heterocycles. The number of hydrogen-bond acceptors (Lipinski definition) is 4. The molecule has 0 fully saturated rings. The Balaban J connectivity index is 2.37. The third-order valence-corrected chi connectivity index (χ3v) is 6.58. The SMILES string of the molecule is CC(C)(C)S(=O)(=O)CCn1cnc2ccc(I)cc2c1=O. The zero-order valence-corrected chi connectivity index (χ0v) is 15.1. The van der Waals surface area contributed by atoms with Gasteiger partial charge in [0.25, 0.3) is 5.56 Å². The molecule has 1 aromatic heterocycles. The number of aryl methyl sites for hydroxylation is 1. The molecule has 0 radical (unpaired) electrons. The van der Waals surface area contributed by atoms with Crippen LogP contribution in [0.25, 0.3) is 10.9 Å². The molecule has 7 heteroatoms. The molecule has 0 unspecified atom stereocenters. The van der Waals surface area contributed by atoms with Gasteiger partial charge in [-0.15, -0.1) is 0 Å². The molecule has 0 spiro atoms. The van der Waals surface area contributed by atoms with Gasteiger partial charge in [-0.05, 0) is 61.6 Å². The highest BCUT2D eigenvalue weighted by atomic mass is 127. The highest BCUT2D eigenvalue weighted by Crippen LogP contribution is 2.16. The second-order valence-corrected chi connectivity index (χ2v) is 9.94. The van der Waals surface area contributed by atoms with Crippen molar-refractivity contribution in [1.82, 2.24) is 9.55 Å². The highest BCUT2D eigenvalue weighted by molar-refractivity contribution is 14.1. The maximum absolute atomic E-state index is 12.4. The van der Waals surface area contributed by atoms with E-state index in [0.717, 1.165) is 3.57 Å². The lowest BCUT2D eigenvalue weighted by atomic mass is 10.2. The molecule has 1 aromatic carbocycles. The van der Waals surface area contributed by atoms with Gasteiger partial charge in [0.2, 0.25) is 0 Å². The third kappa shape index (κ3) is 3.45. The Hall–Kier alpha value is -0.960. The first-order chi connectivity index (χ1) is 9.62. The monoisotopic (exact) mass is 420 g/mol. The quantitative estimate of drug-likeness (QED) is 0.715. The fourth-order valence-electron chi connectivity index (χ4n) is 1.82. The Labute approximate surface area is 137 Å². The van der Waals surface area contributed by atoms with E-state index >= 15 is 0 Å². The second kappa shape index (κ2) is 5.68. The molecule has 2 rings (SSSR count). The van der Waals surface area contributed by atoms with Gasteiger partial charge in [0.15, 0.2) is 9.84 Å². The summed E-state index contributed by atoms with van der Waals surface area (Å²) in [6, 6.07) is 5.43. The van der Waals surface area contributed by atoms with Crippen LogP contribution in [0.3, 0.4) is 0 Å². The summed E-state index contributed by atoms with van der Waals surface area (Å²) in [7, 11) is -3.26. The largest absolute Gasteiger partial charge is 0.298 e. The molecular formula is C14H17IN2O3S. The summed E-state index contributed by atoms with van der Waals surface area (Å²) in [6.45, 7) is 5.09. The lowest BCUT2D eigenvalue weighted by Crippen LogP contribution is -2.33. The van der Waals surface area contributed by atoms with E-state index in [9.17, 15) is 13.2 Å². The number of hydrogen-bond donors (Lipinski definition) is 0. The predicted molar refractivity (Wildman–Crippen MR) is 92.3 cm³/mol. The zero-order valence-electron chi connectivity index (χ0n) is 12.1. The van der Waals surface area contributed by atoms with Gasteiger partial charge >= 0.3 is 0 Å². The summed E-state index contributed by atoms with van der Waals surface area (Å²) < 4.78 is 25.7. The number of fused-ring (bicyclic) bond motifs is 1. The van der Waals surface area contributed by atoms with Crippen LogP contribution in [0.15, 0.2) is 29.3 Å². The molecule has 0 N–H and O–H groups in total.